The van der Waals surface area contributed by atoms with Crippen molar-refractivity contribution < 1.29 is 9.59 Å². The minimum Gasteiger partial charge on any atom is -0.335 e. The third kappa shape index (κ3) is 2.82. The molecule has 2 bridgehead atoms. The number of piperidine rings is 1. The molecule has 0 radical (unpaired) electrons. The van der Waals surface area contributed by atoms with Crippen molar-refractivity contribution in [2.24, 2.45) is 5.92 Å². The molecule has 2 atom stereocenters. The lowest BCUT2D eigenvalue weighted by Crippen LogP contribution is -2.47. The van der Waals surface area contributed by atoms with Crippen LogP contribution < -0.4 is 0 Å². The summed E-state index contributed by atoms with van der Waals surface area (Å²) in [6, 6.07) is 7.37. The zero-order chi connectivity index (χ0) is 16.5. The van der Waals surface area contributed by atoms with Crippen LogP contribution in [0.1, 0.15) is 33.7 Å². The Balaban J connectivity index is 1.55. The Labute approximate surface area is 144 Å². The van der Waals surface area contributed by atoms with Crippen molar-refractivity contribution in [1.29, 1.82) is 0 Å². The number of hydrogen-bond donors (Lipinski definition) is 0. The van der Waals surface area contributed by atoms with Crippen LogP contribution in [0.4, 0.5) is 0 Å². The van der Waals surface area contributed by atoms with Crippen LogP contribution >= 0.6 is 11.3 Å². The van der Waals surface area contributed by atoms with E-state index in [2.05, 4.69) is 4.98 Å². The Morgan fingerprint density at radius 2 is 2.00 bits per heavy atom. The maximum absolute atomic E-state index is 12.8. The van der Waals surface area contributed by atoms with E-state index in [1.54, 1.807) is 12.3 Å². The van der Waals surface area contributed by atoms with Gasteiger partial charge in [-0.1, -0.05) is 6.07 Å². The number of aromatic nitrogens is 1. The van der Waals surface area contributed by atoms with Crippen LogP contribution in [-0.4, -0.2) is 52.3 Å². The molecular weight excluding hydrogens is 322 g/mol. The summed E-state index contributed by atoms with van der Waals surface area (Å²) >= 11 is 1.54. The molecule has 5 nitrogen and oxygen atoms in total. The lowest BCUT2D eigenvalue weighted by Gasteiger charge is -2.35. The number of fused-ring (bicyclic) bond motifs is 4. The first-order valence-corrected chi connectivity index (χ1v) is 9.20. The minimum atomic E-state index is -0.0302. The summed E-state index contributed by atoms with van der Waals surface area (Å²) in [5, 5.41) is 3.83. The molecule has 2 aromatic rings. The van der Waals surface area contributed by atoms with Crippen molar-refractivity contribution in [2.45, 2.75) is 18.9 Å². The number of pyridine rings is 1. The summed E-state index contributed by atoms with van der Waals surface area (Å²) in [6.45, 7) is 2.05. The monoisotopic (exact) mass is 341 g/mol. The second-order valence-corrected chi connectivity index (χ2v) is 7.27. The van der Waals surface area contributed by atoms with Gasteiger partial charge in [-0.2, -0.15) is 11.3 Å². The van der Waals surface area contributed by atoms with Crippen LogP contribution in [0.25, 0.3) is 0 Å². The molecule has 3 aliphatic rings. The van der Waals surface area contributed by atoms with E-state index < -0.39 is 0 Å². The van der Waals surface area contributed by atoms with Crippen LogP contribution in [-0.2, 0) is 0 Å². The Bertz CT molecular complexity index is 732. The molecule has 2 aromatic heterocycles. The average Bonchev–Trinajstić information content (AvgIpc) is 3.01. The SMILES string of the molecule is O=C(c1ccccn1)N1C[C@@H]2CC[C@H](C1)N(C(=O)c1ccsc1)C2. The Morgan fingerprint density at radius 1 is 1.08 bits per heavy atom. The molecule has 3 saturated heterocycles. The second-order valence-electron chi connectivity index (χ2n) is 6.49. The second kappa shape index (κ2) is 6.36. The van der Waals surface area contributed by atoms with Crippen molar-refractivity contribution in [3.05, 3.63) is 52.5 Å². The summed E-state index contributed by atoms with van der Waals surface area (Å²) < 4.78 is 0. The van der Waals surface area contributed by atoms with Gasteiger partial charge in [-0.25, -0.2) is 0 Å². The highest BCUT2D eigenvalue weighted by atomic mass is 32.1. The number of carbonyl (C=O) groups is 2. The normalized spacial score (nSPS) is 23.2. The van der Waals surface area contributed by atoms with Gasteiger partial charge in [0.25, 0.3) is 11.8 Å². The van der Waals surface area contributed by atoms with Crippen molar-refractivity contribution in [1.82, 2.24) is 14.8 Å². The van der Waals surface area contributed by atoms with Crippen LogP contribution in [0.15, 0.2) is 41.2 Å². The largest absolute Gasteiger partial charge is 0.335 e. The van der Waals surface area contributed by atoms with Gasteiger partial charge in [0, 0.05) is 37.3 Å². The number of rotatable bonds is 2. The average molecular weight is 341 g/mol. The van der Waals surface area contributed by atoms with Crippen LogP contribution in [0.5, 0.6) is 0 Å². The molecule has 0 aromatic carbocycles. The number of thiophene rings is 1. The Hall–Kier alpha value is -2.21. The standard InChI is InChI=1S/C18H19N3O2S/c22-17(14-6-8-24-12-14)21-10-13-4-5-15(21)11-20(9-13)18(23)16-3-1-2-7-19-16/h1-3,6-8,12-13,15H,4-5,9-11H2/t13-,15+/m0/s1. The van der Waals surface area contributed by atoms with E-state index >= 15 is 0 Å². The number of nitrogens with zero attached hydrogens (tertiary/aromatic N) is 3. The third-order valence-corrected chi connectivity index (χ3v) is 5.60. The van der Waals surface area contributed by atoms with Crippen molar-refractivity contribution >= 4 is 23.2 Å². The van der Waals surface area contributed by atoms with Crippen molar-refractivity contribution in [3.8, 4) is 0 Å². The topological polar surface area (TPSA) is 53.5 Å². The maximum Gasteiger partial charge on any atom is 0.272 e. The zero-order valence-electron chi connectivity index (χ0n) is 13.3. The van der Waals surface area contributed by atoms with Crippen LogP contribution in [0.2, 0.25) is 0 Å². The van der Waals surface area contributed by atoms with Gasteiger partial charge >= 0.3 is 0 Å². The molecular formula is C18H19N3O2S. The van der Waals surface area contributed by atoms with E-state index in [0.717, 1.165) is 24.9 Å². The fourth-order valence-corrected chi connectivity index (χ4v) is 4.33. The molecule has 5 heterocycles. The summed E-state index contributed by atoms with van der Waals surface area (Å²) in [7, 11) is 0. The molecule has 3 fully saturated rings. The molecule has 3 aliphatic heterocycles. The molecule has 0 unspecified atom stereocenters. The van der Waals surface area contributed by atoms with E-state index in [0.29, 0.717) is 24.7 Å². The van der Waals surface area contributed by atoms with Gasteiger partial charge in [0.05, 0.1) is 5.56 Å². The number of carbonyl (C=O) groups excluding carboxylic acids is 2. The van der Waals surface area contributed by atoms with E-state index in [9.17, 15) is 9.59 Å². The summed E-state index contributed by atoms with van der Waals surface area (Å²) in [5.41, 5.74) is 1.24. The Morgan fingerprint density at radius 3 is 2.75 bits per heavy atom. The highest BCUT2D eigenvalue weighted by Gasteiger charge is 2.39. The van der Waals surface area contributed by atoms with Gasteiger partial charge < -0.3 is 9.80 Å². The van der Waals surface area contributed by atoms with Gasteiger partial charge in [0.2, 0.25) is 0 Å². The highest BCUT2D eigenvalue weighted by molar-refractivity contribution is 7.08. The summed E-state index contributed by atoms with van der Waals surface area (Å²) in [4.78, 5) is 33.5. The fraction of sp³-hybridized carbons (Fsp3) is 0.389. The maximum atomic E-state index is 12.8. The van der Waals surface area contributed by atoms with Crippen LogP contribution in [0, 0.1) is 5.92 Å². The molecule has 5 rings (SSSR count). The molecule has 0 aliphatic carbocycles. The molecule has 24 heavy (non-hydrogen) atoms. The van der Waals surface area contributed by atoms with E-state index in [1.165, 1.54) is 11.3 Å². The number of hydrogen-bond acceptors (Lipinski definition) is 4. The molecule has 0 spiro atoms. The van der Waals surface area contributed by atoms with Crippen molar-refractivity contribution in [3.63, 3.8) is 0 Å². The van der Waals surface area contributed by atoms with Gasteiger partial charge in [0.15, 0.2) is 0 Å². The van der Waals surface area contributed by atoms with Crippen molar-refractivity contribution in [2.75, 3.05) is 19.6 Å². The predicted molar refractivity (Wildman–Crippen MR) is 92.0 cm³/mol. The first kappa shape index (κ1) is 15.3. The van der Waals surface area contributed by atoms with Gasteiger partial charge in [-0.05, 0) is 42.3 Å². The third-order valence-electron chi connectivity index (χ3n) is 4.91. The molecule has 2 amide bonds. The highest BCUT2D eigenvalue weighted by Crippen LogP contribution is 2.30. The van der Waals surface area contributed by atoms with E-state index in [1.807, 2.05) is 38.8 Å². The summed E-state index contributed by atoms with van der Waals surface area (Å²) in [6.07, 6.45) is 3.68. The zero-order valence-corrected chi connectivity index (χ0v) is 14.1. The molecule has 0 N–H and O–H groups in total. The number of amides is 2. The predicted octanol–water partition coefficient (Wildman–Crippen LogP) is 2.52. The molecule has 124 valence electrons. The van der Waals surface area contributed by atoms with Gasteiger partial charge in [-0.15, -0.1) is 0 Å². The quantitative estimate of drug-likeness (QED) is 0.843. The lowest BCUT2D eigenvalue weighted by atomic mass is 9.94. The van der Waals surface area contributed by atoms with E-state index in [-0.39, 0.29) is 17.9 Å². The molecule has 6 heteroatoms. The first-order chi connectivity index (χ1) is 11.7. The Kier molecular flexibility index (Phi) is 4.06. The minimum absolute atomic E-state index is 0.0302. The lowest BCUT2D eigenvalue weighted by molar-refractivity contribution is 0.0574. The van der Waals surface area contributed by atoms with Crippen LogP contribution in [0.3, 0.4) is 0 Å². The van der Waals surface area contributed by atoms with E-state index in [4.69, 9.17) is 0 Å². The summed E-state index contributed by atoms with van der Waals surface area (Å²) in [5.74, 6) is 0.411. The first-order valence-electron chi connectivity index (χ1n) is 8.26. The fourth-order valence-electron chi connectivity index (χ4n) is 3.70. The van der Waals surface area contributed by atoms with Gasteiger partial charge in [0.1, 0.15) is 5.69 Å². The smallest absolute Gasteiger partial charge is 0.272 e. The van der Waals surface area contributed by atoms with Gasteiger partial charge in [-0.3, -0.25) is 14.6 Å². The molecule has 0 saturated carbocycles.